The van der Waals surface area contributed by atoms with Crippen molar-refractivity contribution in [2.24, 2.45) is 0 Å². The number of carbonyl (C=O) groups is 1. The molecule has 5 nitrogen and oxygen atoms in total. The topological polar surface area (TPSA) is 61.8 Å². The number of nitrogens with one attached hydrogen (secondary N) is 1. The molecule has 118 valence electrons. The summed E-state index contributed by atoms with van der Waals surface area (Å²) in [5.41, 5.74) is 5.55. The fourth-order valence-corrected chi connectivity index (χ4v) is 2.64. The second-order valence-electron chi connectivity index (χ2n) is 5.31. The van der Waals surface area contributed by atoms with Crippen LogP contribution in [-0.2, 0) is 4.79 Å². The first-order valence-electron chi connectivity index (χ1n) is 7.30. The van der Waals surface area contributed by atoms with Crippen LogP contribution < -0.4 is 10.2 Å². The third-order valence-corrected chi connectivity index (χ3v) is 3.84. The lowest BCUT2D eigenvalue weighted by molar-refractivity contribution is -0.132. The Morgan fingerprint density at radius 3 is 2.48 bits per heavy atom. The minimum Gasteiger partial charge on any atom is -0.508 e. The fraction of sp³-hybridized carbons (Fsp3) is 0.167. The number of hydrogen-bond donors (Lipinski definition) is 2. The summed E-state index contributed by atoms with van der Waals surface area (Å²) in [6.07, 6.45) is 1.93. The molecule has 0 saturated carbocycles. The zero-order valence-corrected chi connectivity index (χ0v) is 13.0. The molecule has 2 N–H and O–H groups in total. The van der Waals surface area contributed by atoms with E-state index >= 15 is 0 Å². The molecule has 0 aromatic heterocycles. The fourth-order valence-electron chi connectivity index (χ4n) is 2.64. The number of aromatic hydroxyl groups is 1. The van der Waals surface area contributed by atoms with Gasteiger partial charge in [0, 0.05) is 12.5 Å². The molecule has 0 aliphatic carbocycles. The second kappa shape index (κ2) is 6.04. The van der Waals surface area contributed by atoms with Crippen LogP contribution in [0, 0.1) is 0 Å². The van der Waals surface area contributed by atoms with Gasteiger partial charge in [0.05, 0.1) is 12.8 Å². The summed E-state index contributed by atoms with van der Waals surface area (Å²) in [6.45, 7) is 1.49. The highest BCUT2D eigenvalue weighted by molar-refractivity contribution is 5.79. The van der Waals surface area contributed by atoms with E-state index in [1.54, 1.807) is 19.2 Å². The highest BCUT2D eigenvalue weighted by Gasteiger charge is 2.30. The summed E-state index contributed by atoms with van der Waals surface area (Å²) in [6, 6.07) is 14.2. The zero-order valence-electron chi connectivity index (χ0n) is 13.0. The third kappa shape index (κ3) is 2.85. The molecule has 1 aliphatic heterocycles. The van der Waals surface area contributed by atoms with Crippen LogP contribution in [0.25, 0.3) is 5.70 Å². The van der Waals surface area contributed by atoms with Crippen LogP contribution in [0.15, 0.2) is 54.6 Å². The Hall–Kier alpha value is -2.95. The Kier molecular flexibility index (Phi) is 3.93. The van der Waals surface area contributed by atoms with Gasteiger partial charge in [0.1, 0.15) is 17.5 Å². The number of methoxy groups -OCH3 is 1. The summed E-state index contributed by atoms with van der Waals surface area (Å²) >= 11 is 0. The summed E-state index contributed by atoms with van der Waals surface area (Å²) < 4.78 is 5.16. The molecule has 1 atom stereocenters. The van der Waals surface area contributed by atoms with Crippen molar-refractivity contribution in [1.82, 2.24) is 10.4 Å². The molecule has 2 aromatic rings. The quantitative estimate of drug-likeness (QED) is 0.915. The minimum absolute atomic E-state index is 0.127. The van der Waals surface area contributed by atoms with Crippen LogP contribution in [0.4, 0.5) is 0 Å². The summed E-state index contributed by atoms with van der Waals surface area (Å²) in [4.78, 5) is 11.9. The van der Waals surface area contributed by atoms with Gasteiger partial charge in [-0.25, -0.2) is 5.01 Å². The number of carbonyl (C=O) groups excluding carboxylic acids is 1. The SMILES string of the molecule is COc1ccc(C2=C[C@@H](c3ccccc3O)N(C(C)=O)N2)cc1. The number of phenols is 1. The first-order valence-corrected chi connectivity index (χ1v) is 7.30. The summed E-state index contributed by atoms with van der Waals surface area (Å²) in [5, 5.41) is 11.6. The van der Waals surface area contributed by atoms with E-state index in [2.05, 4.69) is 5.43 Å². The molecule has 5 heteroatoms. The van der Waals surface area contributed by atoms with Crippen LogP contribution in [0.3, 0.4) is 0 Å². The molecule has 1 heterocycles. The van der Waals surface area contributed by atoms with Crippen molar-refractivity contribution in [3.8, 4) is 11.5 Å². The molecule has 0 spiro atoms. The number of ether oxygens (including phenoxy) is 1. The molecule has 0 bridgehead atoms. The first-order chi connectivity index (χ1) is 11.1. The number of hydrazine groups is 1. The van der Waals surface area contributed by atoms with Crippen molar-refractivity contribution in [2.45, 2.75) is 13.0 Å². The van der Waals surface area contributed by atoms with Gasteiger partial charge < -0.3 is 9.84 Å². The average molecular weight is 310 g/mol. The summed E-state index contributed by atoms with van der Waals surface area (Å²) in [5.74, 6) is 0.809. The highest BCUT2D eigenvalue weighted by Crippen LogP contribution is 2.35. The van der Waals surface area contributed by atoms with Crippen LogP contribution in [0.1, 0.15) is 24.1 Å². The number of amides is 1. The maximum atomic E-state index is 11.9. The number of nitrogens with zero attached hydrogens (tertiary/aromatic N) is 1. The van der Waals surface area contributed by atoms with Gasteiger partial charge in [-0.05, 0) is 42.0 Å². The van der Waals surface area contributed by atoms with Crippen LogP contribution >= 0.6 is 0 Å². The van der Waals surface area contributed by atoms with Crippen molar-refractivity contribution in [3.05, 3.63) is 65.7 Å². The van der Waals surface area contributed by atoms with Crippen LogP contribution in [-0.4, -0.2) is 23.1 Å². The van der Waals surface area contributed by atoms with Gasteiger partial charge in [-0.3, -0.25) is 10.2 Å². The van der Waals surface area contributed by atoms with Crippen LogP contribution in [0.2, 0.25) is 0 Å². The molecule has 0 unspecified atom stereocenters. The smallest absolute Gasteiger partial charge is 0.238 e. The molecule has 0 radical (unpaired) electrons. The predicted octanol–water partition coefficient (Wildman–Crippen LogP) is 2.85. The van der Waals surface area contributed by atoms with E-state index in [9.17, 15) is 9.90 Å². The van der Waals surface area contributed by atoms with Crippen molar-refractivity contribution in [3.63, 3.8) is 0 Å². The normalized spacial score (nSPS) is 16.7. The van der Waals surface area contributed by atoms with Gasteiger partial charge in [0.15, 0.2) is 0 Å². The zero-order chi connectivity index (χ0) is 16.4. The third-order valence-electron chi connectivity index (χ3n) is 3.84. The standard InChI is InChI=1S/C18H18N2O3/c1-12(21)20-17(15-5-3-4-6-18(15)22)11-16(19-20)13-7-9-14(23-2)10-8-13/h3-11,17,19,22H,1-2H3/t17-/m0/s1. The molecule has 23 heavy (non-hydrogen) atoms. The highest BCUT2D eigenvalue weighted by atomic mass is 16.5. The molecular formula is C18H18N2O3. The largest absolute Gasteiger partial charge is 0.508 e. The molecule has 0 saturated heterocycles. The van der Waals surface area contributed by atoms with Crippen LogP contribution in [0.5, 0.6) is 11.5 Å². The van der Waals surface area contributed by atoms with Gasteiger partial charge in [0.25, 0.3) is 0 Å². The maximum Gasteiger partial charge on any atom is 0.238 e. The van der Waals surface area contributed by atoms with E-state index in [0.29, 0.717) is 5.56 Å². The molecule has 1 aliphatic rings. The number of phenolic OH excluding ortho intramolecular Hbond substituents is 1. The van der Waals surface area contributed by atoms with Gasteiger partial charge in [-0.1, -0.05) is 18.2 Å². The van der Waals surface area contributed by atoms with E-state index in [1.165, 1.54) is 11.9 Å². The van der Waals surface area contributed by atoms with E-state index in [4.69, 9.17) is 4.74 Å². The number of benzene rings is 2. The lowest BCUT2D eigenvalue weighted by atomic mass is 10.0. The molecule has 1 amide bonds. The second-order valence-corrected chi connectivity index (χ2v) is 5.31. The number of hydrogen-bond acceptors (Lipinski definition) is 4. The predicted molar refractivity (Wildman–Crippen MR) is 87.5 cm³/mol. The Morgan fingerprint density at radius 1 is 1.17 bits per heavy atom. The van der Waals surface area contributed by atoms with Crippen molar-refractivity contribution in [2.75, 3.05) is 7.11 Å². The Bertz CT molecular complexity index is 753. The Balaban J connectivity index is 1.98. The Morgan fingerprint density at radius 2 is 1.87 bits per heavy atom. The van der Waals surface area contributed by atoms with Gasteiger partial charge in [-0.2, -0.15) is 0 Å². The molecule has 3 rings (SSSR count). The minimum atomic E-state index is -0.356. The Labute approximate surface area is 134 Å². The molecule has 2 aromatic carbocycles. The van der Waals surface area contributed by atoms with Gasteiger partial charge >= 0.3 is 0 Å². The number of para-hydroxylation sites is 1. The van der Waals surface area contributed by atoms with Crippen molar-refractivity contribution < 1.29 is 14.6 Å². The first kappa shape index (κ1) is 15.0. The monoisotopic (exact) mass is 310 g/mol. The van der Waals surface area contributed by atoms with Crippen molar-refractivity contribution in [1.29, 1.82) is 0 Å². The van der Waals surface area contributed by atoms with E-state index in [0.717, 1.165) is 17.0 Å². The van der Waals surface area contributed by atoms with Gasteiger partial charge in [0.2, 0.25) is 5.91 Å². The van der Waals surface area contributed by atoms with Crippen molar-refractivity contribution >= 4 is 11.6 Å². The van der Waals surface area contributed by atoms with E-state index < -0.39 is 0 Å². The number of rotatable bonds is 3. The average Bonchev–Trinajstić information content (AvgIpc) is 3.01. The lowest BCUT2D eigenvalue weighted by Gasteiger charge is -2.24. The van der Waals surface area contributed by atoms with E-state index in [1.807, 2.05) is 42.5 Å². The van der Waals surface area contributed by atoms with E-state index in [-0.39, 0.29) is 17.7 Å². The lowest BCUT2D eigenvalue weighted by Crippen LogP contribution is -2.37. The molecular weight excluding hydrogens is 292 g/mol. The molecule has 0 fully saturated rings. The maximum absolute atomic E-state index is 11.9. The van der Waals surface area contributed by atoms with Gasteiger partial charge in [-0.15, -0.1) is 0 Å². The summed E-state index contributed by atoms with van der Waals surface area (Å²) in [7, 11) is 1.62.